The lowest BCUT2D eigenvalue weighted by Gasteiger charge is -2.29. The van der Waals surface area contributed by atoms with Crippen LogP contribution in [-0.4, -0.2) is 47.9 Å². The summed E-state index contributed by atoms with van der Waals surface area (Å²) in [5.74, 6) is 0.372. The number of likely N-dealkylation sites (tertiary alicyclic amines) is 1. The maximum atomic E-state index is 12.1. The number of amides is 1. The summed E-state index contributed by atoms with van der Waals surface area (Å²) in [7, 11) is 0. The van der Waals surface area contributed by atoms with Crippen LogP contribution in [0.1, 0.15) is 84.3 Å². The molecule has 1 aromatic carbocycles. The molecule has 1 atom stereocenters. The molecular weight excluding hydrogens is 344 g/mol. The van der Waals surface area contributed by atoms with Gasteiger partial charge in [-0.05, 0) is 68.7 Å². The van der Waals surface area contributed by atoms with Crippen LogP contribution in [-0.2, 0) is 16.6 Å². The number of benzene rings is 1. The fourth-order valence-corrected chi connectivity index (χ4v) is 4.19. The maximum Gasteiger partial charge on any atom is 0.222 e. The zero-order chi connectivity index (χ0) is 20.6. The monoisotopic (exact) mass is 386 g/mol. The third-order valence-corrected chi connectivity index (χ3v) is 6.18. The normalized spacial score (nSPS) is 17.1. The highest BCUT2D eigenvalue weighted by Gasteiger charge is 2.17. The summed E-state index contributed by atoms with van der Waals surface area (Å²) in [6, 6.07) is 9.73. The van der Waals surface area contributed by atoms with E-state index in [1.54, 1.807) is 0 Å². The van der Waals surface area contributed by atoms with E-state index in [2.05, 4.69) is 68.7 Å². The van der Waals surface area contributed by atoms with Gasteiger partial charge in [0.15, 0.2) is 0 Å². The van der Waals surface area contributed by atoms with Crippen LogP contribution >= 0.6 is 0 Å². The van der Waals surface area contributed by atoms with Crippen molar-refractivity contribution in [1.82, 2.24) is 9.80 Å². The maximum absolute atomic E-state index is 12.1. The fourth-order valence-electron chi connectivity index (χ4n) is 4.19. The van der Waals surface area contributed by atoms with E-state index >= 15 is 0 Å². The van der Waals surface area contributed by atoms with E-state index in [4.69, 9.17) is 0 Å². The fraction of sp³-hybridized carbons (Fsp3) is 0.720. The van der Waals surface area contributed by atoms with E-state index in [0.717, 1.165) is 51.9 Å². The molecule has 1 amide bonds. The summed E-state index contributed by atoms with van der Waals surface area (Å²) in [5.41, 5.74) is 3.04. The van der Waals surface area contributed by atoms with E-state index in [1.165, 1.54) is 30.4 Å². The minimum Gasteiger partial charge on any atom is -0.343 e. The molecule has 0 spiro atoms. The standard InChI is InChI=1S/C25H42N2O/c1-6-26(17-10-11-19-27-18-9-7-8-12-24(27)28)21(2)20-22-13-15-23(16-14-22)25(3,4)5/h13-16,21H,6-12,17-20H2,1-5H3. The Bertz CT molecular complexity index is 588. The van der Waals surface area contributed by atoms with E-state index in [-0.39, 0.29) is 5.41 Å². The second-order valence-corrected chi connectivity index (χ2v) is 9.53. The molecule has 0 aliphatic carbocycles. The van der Waals surface area contributed by atoms with E-state index < -0.39 is 0 Å². The van der Waals surface area contributed by atoms with Crippen molar-refractivity contribution in [3.63, 3.8) is 0 Å². The number of hydrogen-bond donors (Lipinski definition) is 0. The van der Waals surface area contributed by atoms with Gasteiger partial charge in [-0.1, -0.05) is 58.4 Å². The number of nitrogens with zero attached hydrogens (tertiary/aromatic N) is 2. The van der Waals surface area contributed by atoms with Gasteiger partial charge in [0.25, 0.3) is 0 Å². The average molecular weight is 387 g/mol. The van der Waals surface area contributed by atoms with Gasteiger partial charge in [-0.2, -0.15) is 0 Å². The summed E-state index contributed by atoms with van der Waals surface area (Å²) in [4.78, 5) is 16.8. The predicted octanol–water partition coefficient (Wildman–Crippen LogP) is 5.42. The molecule has 0 radical (unpaired) electrons. The molecule has 1 heterocycles. The van der Waals surface area contributed by atoms with E-state index in [1.807, 2.05) is 0 Å². The van der Waals surface area contributed by atoms with E-state index in [9.17, 15) is 4.79 Å². The number of likely N-dealkylation sites (N-methyl/N-ethyl adjacent to an activating group) is 1. The minimum absolute atomic E-state index is 0.217. The molecule has 0 bridgehead atoms. The number of rotatable bonds is 9. The van der Waals surface area contributed by atoms with Gasteiger partial charge < -0.3 is 9.80 Å². The lowest BCUT2D eigenvalue weighted by atomic mass is 9.86. The van der Waals surface area contributed by atoms with Crippen molar-refractivity contribution in [2.24, 2.45) is 0 Å². The quantitative estimate of drug-likeness (QED) is 0.529. The largest absolute Gasteiger partial charge is 0.343 e. The molecule has 1 aliphatic rings. The van der Waals surface area contributed by atoms with Gasteiger partial charge in [0.2, 0.25) is 5.91 Å². The molecule has 3 heteroatoms. The zero-order valence-electron chi connectivity index (χ0n) is 19.0. The van der Waals surface area contributed by atoms with Crippen LogP contribution in [0.3, 0.4) is 0 Å². The molecule has 1 aromatic rings. The van der Waals surface area contributed by atoms with Crippen molar-refractivity contribution in [3.05, 3.63) is 35.4 Å². The lowest BCUT2D eigenvalue weighted by molar-refractivity contribution is -0.130. The SMILES string of the molecule is CCN(CCCCN1CCCCCC1=O)C(C)Cc1ccc(C(C)(C)C)cc1. The van der Waals surface area contributed by atoms with Crippen molar-refractivity contribution in [1.29, 1.82) is 0 Å². The molecule has 158 valence electrons. The van der Waals surface area contributed by atoms with Crippen molar-refractivity contribution in [3.8, 4) is 0 Å². The van der Waals surface area contributed by atoms with E-state index in [0.29, 0.717) is 11.9 Å². The molecule has 28 heavy (non-hydrogen) atoms. The zero-order valence-corrected chi connectivity index (χ0v) is 19.0. The van der Waals surface area contributed by atoms with Crippen molar-refractivity contribution >= 4 is 5.91 Å². The smallest absolute Gasteiger partial charge is 0.222 e. The Labute approximate surface area is 173 Å². The van der Waals surface area contributed by atoms with Crippen LogP contribution < -0.4 is 0 Å². The first-order valence-corrected chi connectivity index (χ1v) is 11.4. The summed E-state index contributed by atoms with van der Waals surface area (Å²) in [5, 5.41) is 0. The Kier molecular flexibility index (Phi) is 9.01. The van der Waals surface area contributed by atoms with Gasteiger partial charge in [0, 0.05) is 25.6 Å². The number of carbonyl (C=O) groups excluding carboxylic acids is 1. The van der Waals surface area contributed by atoms with Crippen molar-refractivity contribution < 1.29 is 4.79 Å². The van der Waals surface area contributed by atoms with Crippen LogP contribution in [0.15, 0.2) is 24.3 Å². The lowest BCUT2D eigenvalue weighted by Crippen LogP contribution is -2.36. The van der Waals surface area contributed by atoms with Gasteiger partial charge in [0.1, 0.15) is 0 Å². The van der Waals surface area contributed by atoms with Crippen molar-refractivity contribution in [2.45, 2.75) is 91.0 Å². The molecule has 0 saturated carbocycles. The molecule has 1 fully saturated rings. The number of carbonyl (C=O) groups is 1. The van der Waals surface area contributed by atoms with Crippen LogP contribution in [0.4, 0.5) is 0 Å². The summed E-state index contributed by atoms with van der Waals surface area (Å²) >= 11 is 0. The van der Waals surface area contributed by atoms with Gasteiger partial charge in [-0.25, -0.2) is 0 Å². The molecule has 3 nitrogen and oxygen atoms in total. The van der Waals surface area contributed by atoms with Crippen molar-refractivity contribution in [2.75, 3.05) is 26.2 Å². The molecule has 1 unspecified atom stereocenters. The molecule has 1 saturated heterocycles. The Hall–Kier alpha value is -1.35. The van der Waals surface area contributed by atoms with Gasteiger partial charge in [-0.3, -0.25) is 4.79 Å². The Morgan fingerprint density at radius 2 is 1.79 bits per heavy atom. The minimum atomic E-state index is 0.217. The van der Waals surface area contributed by atoms with Crippen LogP contribution in [0.2, 0.25) is 0 Å². The first-order valence-electron chi connectivity index (χ1n) is 11.4. The number of unbranched alkanes of at least 4 members (excludes halogenated alkanes) is 1. The first-order chi connectivity index (χ1) is 13.3. The second kappa shape index (κ2) is 11.0. The Morgan fingerprint density at radius 3 is 2.43 bits per heavy atom. The molecule has 1 aliphatic heterocycles. The van der Waals surface area contributed by atoms with Crippen LogP contribution in [0.25, 0.3) is 0 Å². The molecule has 0 N–H and O–H groups in total. The summed E-state index contributed by atoms with van der Waals surface area (Å²) in [6.07, 6.45) is 7.61. The average Bonchev–Trinajstić information content (AvgIpc) is 2.85. The third kappa shape index (κ3) is 7.24. The number of hydrogen-bond acceptors (Lipinski definition) is 2. The molecule has 2 rings (SSSR count). The summed E-state index contributed by atoms with van der Waals surface area (Å²) < 4.78 is 0. The highest BCUT2D eigenvalue weighted by Crippen LogP contribution is 2.23. The second-order valence-electron chi connectivity index (χ2n) is 9.53. The van der Waals surface area contributed by atoms with Crippen LogP contribution in [0, 0.1) is 0 Å². The highest BCUT2D eigenvalue weighted by atomic mass is 16.2. The van der Waals surface area contributed by atoms with Gasteiger partial charge >= 0.3 is 0 Å². The topological polar surface area (TPSA) is 23.6 Å². The Balaban J connectivity index is 1.76. The third-order valence-electron chi connectivity index (χ3n) is 6.18. The highest BCUT2D eigenvalue weighted by molar-refractivity contribution is 5.76. The molecule has 0 aromatic heterocycles. The van der Waals surface area contributed by atoms with Crippen LogP contribution in [0.5, 0.6) is 0 Å². The molecular formula is C25H42N2O. The summed E-state index contributed by atoms with van der Waals surface area (Å²) in [6.45, 7) is 15.5. The predicted molar refractivity (Wildman–Crippen MR) is 120 cm³/mol. The first kappa shape index (κ1) is 22.9. The van der Waals surface area contributed by atoms with Gasteiger partial charge in [0.05, 0.1) is 0 Å². The van der Waals surface area contributed by atoms with Gasteiger partial charge in [-0.15, -0.1) is 0 Å². The Morgan fingerprint density at radius 1 is 1.07 bits per heavy atom.